The molecule has 0 atom stereocenters. The number of nitrogens with zero attached hydrogens (tertiary/aromatic N) is 1. The number of fused-ring (bicyclic) bond motifs is 1. The molecule has 0 fully saturated rings. The first-order chi connectivity index (χ1) is 8.74. The maximum atomic E-state index is 8.75. The molecule has 0 saturated heterocycles. The van der Waals surface area contributed by atoms with E-state index in [0.29, 0.717) is 5.57 Å². The molecule has 0 bridgehead atoms. The topological polar surface area (TPSA) is 35.8 Å². The molecule has 2 nitrogen and oxygen atoms in total. The standard InChI is InChI=1S/C15H12N2S/c1-11(10-16)8-15(17-18)14-7-6-12-4-2-3-5-13(12)9-14/h2-9,17-18H,1H2/b15-8-. The fourth-order valence-electron chi connectivity index (χ4n) is 1.74. The number of thiol groups is 1. The fourth-order valence-corrected chi connectivity index (χ4v) is 1.94. The molecule has 88 valence electrons. The van der Waals surface area contributed by atoms with Gasteiger partial charge in [0.2, 0.25) is 0 Å². The van der Waals surface area contributed by atoms with E-state index in [0.717, 1.165) is 16.6 Å². The Balaban J connectivity index is 2.50. The zero-order valence-electron chi connectivity index (χ0n) is 9.72. The van der Waals surface area contributed by atoms with Gasteiger partial charge in [0, 0.05) is 5.57 Å². The van der Waals surface area contributed by atoms with Gasteiger partial charge in [-0.15, -0.1) is 0 Å². The van der Waals surface area contributed by atoms with E-state index in [1.165, 1.54) is 5.39 Å². The van der Waals surface area contributed by atoms with Crippen LogP contribution in [0.5, 0.6) is 0 Å². The summed E-state index contributed by atoms with van der Waals surface area (Å²) in [7, 11) is 0. The molecule has 0 radical (unpaired) electrons. The molecule has 2 aromatic rings. The van der Waals surface area contributed by atoms with Crippen molar-refractivity contribution in [1.29, 1.82) is 5.26 Å². The first-order valence-electron chi connectivity index (χ1n) is 5.44. The first kappa shape index (κ1) is 12.3. The maximum Gasteiger partial charge on any atom is 0.0986 e. The van der Waals surface area contributed by atoms with Gasteiger partial charge in [0.25, 0.3) is 0 Å². The van der Waals surface area contributed by atoms with Crippen molar-refractivity contribution in [2.75, 3.05) is 0 Å². The van der Waals surface area contributed by atoms with Crippen LogP contribution in [0.4, 0.5) is 0 Å². The monoisotopic (exact) mass is 252 g/mol. The SMILES string of the molecule is C=C(C#N)/C=C(\NS)c1ccc2ccccc2c1. The average molecular weight is 252 g/mol. The van der Waals surface area contributed by atoms with E-state index in [1.54, 1.807) is 6.08 Å². The summed E-state index contributed by atoms with van der Waals surface area (Å²) < 4.78 is 2.79. The van der Waals surface area contributed by atoms with Crippen LogP contribution in [0.3, 0.4) is 0 Å². The maximum absolute atomic E-state index is 8.75. The first-order valence-corrected chi connectivity index (χ1v) is 5.89. The zero-order valence-corrected chi connectivity index (χ0v) is 10.6. The smallest absolute Gasteiger partial charge is 0.0986 e. The van der Waals surface area contributed by atoms with Crippen LogP contribution in [0, 0.1) is 11.3 Å². The van der Waals surface area contributed by atoms with E-state index < -0.39 is 0 Å². The van der Waals surface area contributed by atoms with Crippen molar-refractivity contribution in [3.05, 3.63) is 66.3 Å². The summed E-state index contributed by atoms with van der Waals surface area (Å²) in [5.41, 5.74) is 2.12. The third-order valence-electron chi connectivity index (χ3n) is 2.64. The Morgan fingerprint density at radius 1 is 1.22 bits per heavy atom. The third-order valence-corrected chi connectivity index (χ3v) is 2.88. The van der Waals surface area contributed by atoms with Crippen molar-refractivity contribution in [3.63, 3.8) is 0 Å². The van der Waals surface area contributed by atoms with Crippen molar-refractivity contribution in [2.24, 2.45) is 0 Å². The molecule has 0 aliphatic rings. The van der Waals surface area contributed by atoms with Crippen molar-refractivity contribution < 1.29 is 0 Å². The molecular formula is C15H12N2S. The third kappa shape index (κ3) is 2.55. The Morgan fingerprint density at radius 2 is 1.94 bits per heavy atom. The Morgan fingerprint density at radius 3 is 2.61 bits per heavy atom. The number of benzene rings is 2. The van der Waals surface area contributed by atoms with E-state index in [1.807, 2.05) is 36.4 Å². The van der Waals surface area contributed by atoms with Gasteiger partial charge in [0.05, 0.1) is 11.8 Å². The molecule has 0 aliphatic heterocycles. The Kier molecular flexibility index (Phi) is 3.71. The average Bonchev–Trinajstić information content (AvgIpc) is 2.44. The highest BCUT2D eigenvalue weighted by molar-refractivity contribution is 7.78. The molecule has 2 rings (SSSR count). The zero-order chi connectivity index (χ0) is 13.0. The van der Waals surface area contributed by atoms with Crippen LogP contribution >= 0.6 is 12.8 Å². The predicted octanol–water partition coefficient (Wildman–Crippen LogP) is 3.69. The van der Waals surface area contributed by atoms with Crippen LogP contribution in [0.1, 0.15) is 5.56 Å². The molecule has 0 heterocycles. The number of hydrogen-bond acceptors (Lipinski definition) is 3. The molecule has 0 saturated carbocycles. The van der Waals surface area contributed by atoms with E-state index in [-0.39, 0.29) is 0 Å². The lowest BCUT2D eigenvalue weighted by Crippen LogP contribution is -1.98. The number of nitriles is 1. The molecule has 18 heavy (non-hydrogen) atoms. The lowest BCUT2D eigenvalue weighted by molar-refractivity contribution is 1.41. The van der Waals surface area contributed by atoms with E-state index in [2.05, 4.69) is 36.2 Å². The molecule has 0 amide bonds. The fraction of sp³-hybridized carbons (Fsp3) is 0. The highest BCUT2D eigenvalue weighted by Crippen LogP contribution is 2.21. The minimum Gasteiger partial charge on any atom is -0.332 e. The van der Waals surface area contributed by atoms with Crippen LogP contribution in [-0.4, -0.2) is 0 Å². The molecule has 0 aromatic heterocycles. The molecule has 0 spiro atoms. The summed E-state index contributed by atoms with van der Waals surface area (Å²) in [5, 5.41) is 11.1. The summed E-state index contributed by atoms with van der Waals surface area (Å²) in [6.45, 7) is 3.64. The van der Waals surface area contributed by atoms with Crippen molar-refractivity contribution >= 4 is 29.3 Å². The summed E-state index contributed by atoms with van der Waals surface area (Å²) in [5.74, 6) is 0. The van der Waals surface area contributed by atoms with Gasteiger partial charge < -0.3 is 4.72 Å². The van der Waals surface area contributed by atoms with Crippen molar-refractivity contribution in [2.45, 2.75) is 0 Å². The minimum absolute atomic E-state index is 0.389. The quantitative estimate of drug-likeness (QED) is 0.496. The lowest BCUT2D eigenvalue weighted by atomic mass is 10.0. The Labute approximate surface area is 112 Å². The highest BCUT2D eigenvalue weighted by atomic mass is 32.1. The summed E-state index contributed by atoms with van der Waals surface area (Å²) in [6.07, 6.45) is 1.68. The van der Waals surface area contributed by atoms with E-state index in [4.69, 9.17) is 5.26 Å². The van der Waals surface area contributed by atoms with Gasteiger partial charge in [-0.05, 0) is 28.5 Å². The van der Waals surface area contributed by atoms with Crippen LogP contribution in [0.25, 0.3) is 16.5 Å². The van der Waals surface area contributed by atoms with Crippen LogP contribution in [0.15, 0.2) is 60.7 Å². The Bertz CT molecular complexity index is 665. The number of allylic oxidation sites excluding steroid dienone is 2. The number of hydrogen-bond donors (Lipinski definition) is 2. The lowest BCUT2D eigenvalue weighted by Gasteiger charge is -2.07. The van der Waals surface area contributed by atoms with Gasteiger partial charge in [-0.3, -0.25) is 0 Å². The number of rotatable bonds is 3. The van der Waals surface area contributed by atoms with Gasteiger partial charge in [-0.1, -0.05) is 55.8 Å². The van der Waals surface area contributed by atoms with Crippen LogP contribution in [0.2, 0.25) is 0 Å². The van der Waals surface area contributed by atoms with Crippen molar-refractivity contribution in [3.8, 4) is 6.07 Å². The second kappa shape index (κ2) is 5.44. The molecular weight excluding hydrogens is 240 g/mol. The summed E-state index contributed by atoms with van der Waals surface area (Å²) >= 11 is 4.07. The molecule has 1 N–H and O–H groups in total. The predicted molar refractivity (Wildman–Crippen MR) is 78.8 cm³/mol. The molecule has 0 unspecified atom stereocenters. The Hall–Kier alpha value is -2.18. The minimum atomic E-state index is 0.389. The summed E-state index contributed by atoms with van der Waals surface area (Å²) in [6, 6.07) is 16.2. The van der Waals surface area contributed by atoms with Gasteiger partial charge in [-0.25, -0.2) is 0 Å². The van der Waals surface area contributed by atoms with Gasteiger partial charge >= 0.3 is 0 Å². The van der Waals surface area contributed by atoms with E-state index in [9.17, 15) is 0 Å². The van der Waals surface area contributed by atoms with Gasteiger partial charge in [-0.2, -0.15) is 5.26 Å². The van der Waals surface area contributed by atoms with Gasteiger partial charge in [0.15, 0.2) is 0 Å². The largest absolute Gasteiger partial charge is 0.332 e. The summed E-state index contributed by atoms with van der Waals surface area (Å²) in [4.78, 5) is 0. The normalized spacial score (nSPS) is 11.0. The van der Waals surface area contributed by atoms with E-state index >= 15 is 0 Å². The molecule has 3 heteroatoms. The molecule has 2 aromatic carbocycles. The van der Waals surface area contributed by atoms with Crippen LogP contribution in [-0.2, 0) is 0 Å². The van der Waals surface area contributed by atoms with Crippen LogP contribution < -0.4 is 4.72 Å². The van der Waals surface area contributed by atoms with Crippen molar-refractivity contribution in [1.82, 2.24) is 4.72 Å². The highest BCUT2D eigenvalue weighted by Gasteiger charge is 2.02. The second-order valence-electron chi connectivity index (χ2n) is 3.87. The molecule has 0 aliphatic carbocycles. The number of nitrogens with one attached hydrogen (secondary N) is 1. The second-order valence-corrected chi connectivity index (χ2v) is 4.09. The van der Waals surface area contributed by atoms with Gasteiger partial charge in [0.1, 0.15) is 0 Å².